The molecule has 1 aliphatic rings. The Kier molecular flexibility index (Phi) is 4.75. The lowest BCUT2D eigenvalue weighted by atomic mass is 10.1. The molecule has 0 fully saturated rings. The highest BCUT2D eigenvalue weighted by Gasteiger charge is 2.23. The molecule has 5 heterocycles. The van der Waals surface area contributed by atoms with E-state index in [0.717, 1.165) is 56.3 Å². The van der Waals surface area contributed by atoms with E-state index in [2.05, 4.69) is 66.5 Å². The second-order valence-corrected chi connectivity index (χ2v) is 9.49. The minimum atomic E-state index is 0.663. The number of benzene rings is 3. The van der Waals surface area contributed by atoms with E-state index in [1.54, 1.807) is 12.4 Å². The molecule has 0 unspecified atom stereocenters. The van der Waals surface area contributed by atoms with Crippen molar-refractivity contribution in [3.05, 3.63) is 122 Å². The van der Waals surface area contributed by atoms with Gasteiger partial charge in [-0.2, -0.15) is 0 Å². The van der Waals surface area contributed by atoms with Gasteiger partial charge in [0, 0.05) is 47.4 Å². The Labute approximate surface area is 224 Å². The first-order valence-electron chi connectivity index (χ1n) is 12.8. The molecule has 0 N–H and O–H groups in total. The van der Waals surface area contributed by atoms with E-state index in [-0.39, 0.29) is 0 Å². The minimum Gasteiger partial charge on any atom is -0.456 e. The molecule has 0 saturated heterocycles. The number of para-hydroxylation sites is 2. The number of ether oxygens (including phenoxy) is 1. The zero-order valence-corrected chi connectivity index (χ0v) is 20.8. The van der Waals surface area contributed by atoms with Crippen molar-refractivity contribution >= 4 is 33.3 Å². The smallest absolute Gasteiger partial charge is 0.147 e. The molecule has 0 saturated carbocycles. The first kappa shape index (κ1) is 21.6. The summed E-state index contributed by atoms with van der Waals surface area (Å²) in [7, 11) is 0. The van der Waals surface area contributed by atoms with Crippen LogP contribution in [-0.4, -0.2) is 24.1 Å². The number of rotatable bonds is 4. The summed E-state index contributed by atoms with van der Waals surface area (Å²) in [5, 5.41) is 1.08. The fourth-order valence-electron chi connectivity index (χ4n) is 5.47. The number of aromatic nitrogens is 5. The molecule has 7 nitrogen and oxygen atoms in total. The highest BCUT2D eigenvalue weighted by atomic mass is 16.5. The first-order valence-corrected chi connectivity index (χ1v) is 12.8. The molecule has 0 bridgehead atoms. The van der Waals surface area contributed by atoms with Crippen molar-refractivity contribution < 1.29 is 4.74 Å². The van der Waals surface area contributed by atoms with Crippen LogP contribution in [0.3, 0.4) is 0 Å². The largest absolute Gasteiger partial charge is 0.456 e. The number of fused-ring (bicyclic) bond motifs is 6. The maximum Gasteiger partial charge on any atom is 0.147 e. The van der Waals surface area contributed by atoms with Gasteiger partial charge >= 0.3 is 0 Å². The molecule has 39 heavy (non-hydrogen) atoms. The Hall–Kier alpha value is -5.43. The van der Waals surface area contributed by atoms with Crippen LogP contribution in [0.25, 0.3) is 39.1 Å². The molecule has 1 aliphatic heterocycles. The van der Waals surface area contributed by atoms with Crippen molar-refractivity contribution in [2.24, 2.45) is 0 Å². The van der Waals surface area contributed by atoms with E-state index in [0.29, 0.717) is 12.4 Å². The van der Waals surface area contributed by atoms with Crippen LogP contribution in [0.5, 0.6) is 11.5 Å². The Morgan fingerprint density at radius 3 is 2.54 bits per heavy atom. The van der Waals surface area contributed by atoms with E-state index in [1.807, 2.05) is 67.0 Å². The van der Waals surface area contributed by atoms with Gasteiger partial charge in [0.1, 0.15) is 29.8 Å². The summed E-state index contributed by atoms with van der Waals surface area (Å²) in [6.45, 7) is 0.674. The van der Waals surface area contributed by atoms with Crippen molar-refractivity contribution in [1.29, 1.82) is 0 Å². The molecule has 8 rings (SSSR count). The van der Waals surface area contributed by atoms with Crippen LogP contribution < -0.4 is 9.64 Å². The molecular weight excluding hydrogens is 484 g/mol. The third-order valence-corrected chi connectivity index (χ3v) is 7.17. The van der Waals surface area contributed by atoms with E-state index >= 15 is 0 Å². The molecule has 4 aromatic heterocycles. The number of imidazole rings is 1. The average Bonchev–Trinajstić information content (AvgIpc) is 3.60. The van der Waals surface area contributed by atoms with E-state index < -0.39 is 0 Å². The van der Waals surface area contributed by atoms with Crippen LogP contribution in [0.2, 0.25) is 0 Å². The van der Waals surface area contributed by atoms with Crippen LogP contribution in [0.4, 0.5) is 11.4 Å². The monoisotopic (exact) mass is 506 g/mol. The van der Waals surface area contributed by atoms with Gasteiger partial charge in [-0.15, -0.1) is 0 Å². The predicted molar refractivity (Wildman–Crippen MR) is 153 cm³/mol. The molecule has 0 amide bonds. The molecule has 7 heteroatoms. The molecule has 0 spiro atoms. The predicted octanol–water partition coefficient (Wildman–Crippen LogP) is 7.34. The lowest BCUT2D eigenvalue weighted by Crippen LogP contribution is -2.25. The number of nitrogens with zero attached hydrogens (tertiary/aromatic N) is 6. The first-order chi connectivity index (χ1) is 19.3. The molecule has 186 valence electrons. The Bertz CT molecular complexity index is 1990. The topological polar surface area (TPSA) is 61.0 Å². The van der Waals surface area contributed by atoms with Crippen molar-refractivity contribution in [2.75, 3.05) is 4.90 Å². The normalized spacial score (nSPS) is 12.5. The van der Waals surface area contributed by atoms with Crippen molar-refractivity contribution in [3.63, 3.8) is 0 Å². The van der Waals surface area contributed by atoms with Crippen LogP contribution in [0.1, 0.15) is 0 Å². The van der Waals surface area contributed by atoms with Crippen LogP contribution in [0.15, 0.2) is 122 Å². The standard InChI is InChI=1S/C32H22N6O/c1-4-13-28-25(10-1)31-29(38(28)30-14-5-6-15-33-30)19-24(20-35-31)39-23-9-7-8-22(18-23)37-21-36-17-16-34-32(36)26-11-2-3-12-27(26)37/h1-20H,21H2. The lowest BCUT2D eigenvalue weighted by molar-refractivity contribution is 0.481. The summed E-state index contributed by atoms with van der Waals surface area (Å²) in [6, 6.07) is 32.7. The highest BCUT2D eigenvalue weighted by Crippen LogP contribution is 2.40. The van der Waals surface area contributed by atoms with Gasteiger partial charge in [0.05, 0.1) is 28.4 Å². The summed E-state index contributed by atoms with van der Waals surface area (Å²) in [5.74, 6) is 3.22. The van der Waals surface area contributed by atoms with E-state index in [9.17, 15) is 0 Å². The zero-order chi connectivity index (χ0) is 25.8. The maximum atomic E-state index is 6.41. The Morgan fingerprint density at radius 2 is 1.59 bits per heavy atom. The fraction of sp³-hybridized carbons (Fsp3) is 0.0312. The van der Waals surface area contributed by atoms with Crippen LogP contribution in [0, 0.1) is 0 Å². The SMILES string of the molecule is c1ccc(-n2c3ccccc3c3ncc(Oc4cccc(N5Cn6ccnc6-c6ccccc65)c4)cc32)nc1. The maximum absolute atomic E-state index is 6.41. The van der Waals surface area contributed by atoms with Gasteiger partial charge in [0.25, 0.3) is 0 Å². The second kappa shape index (κ2) is 8.56. The van der Waals surface area contributed by atoms with Gasteiger partial charge in [0.15, 0.2) is 0 Å². The third-order valence-electron chi connectivity index (χ3n) is 7.17. The molecule has 3 aromatic carbocycles. The number of anilines is 2. The summed E-state index contributed by atoms with van der Waals surface area (Å²) in [4.78, 5) is 16.3. The quantitative estimate of drug-likeness (QED) is 0.250. The Balaban J connectivity index is 1.19. The van der Waals surface area contributed by atoms with Crippen LogP contribution in [-0.2, 0) is 6.67 Å². The van der Waals surface area contributed by atoms with Gasteiger partial charge in [0.2, 0.25) is 0 Å². The fourth-order valence-corrected chi connectivity index (χ4v) is 5.47. The van der Waals surface area contributed by atoms with E-state index in [4.69, 9.17) is 9.72 Å². The van der Waals surface area contributed by atoms with Gasteiger partial charge in [-0.05, 0) is 42.5 Å². The number of hydrogen-bond donors (Lipinski definition) is 0. The third kappa shape index (κ3) is 3.48. The summed E-state index contributed by atoms with van der Waals surface area (Å²) in [6.07, 6.45) is 7.46. The highest BCUT2D eigenvalue weighted by molar-refractivity contribution is 6.07. The summed E-state index contributed by atoms with van der Waals surface area (Å²) < 4.78 is 10.7. The molecular formula is C32H22N6O. The molecule has 0 radical (unpaired) electrons. The average molecular weight is 507 g/mol. The van der Waals surface area contributed by atoms with Gasteiger partial charge in [-0.3, -0.25) is 9.55 Å². The molecule has 7 aromatic rings. The zero-order valence-electron chi connectivity index (χ0n) is 20.8. The molecule has 0 atom stereocenters. The number of pyridine rings is 2. The Morgan fingerprint density at radius 1 is 0.692 bits per heavy atom. The summed E-state index contributed by atoms with van der Waals surface area (Å²) in [5.41, 5.74) is 6.18. The molecule has 0 aliphatic carbocycles. The second-order valence-electron chi connectivity index (χ2n) is 9.49. The van der Waals surface area contributed by atoms with Crippen molar-refractivity contribution in [1.82, 2.24) is 24.1 Å². The van der Waals surface area contributed by atoms with Gasteiger partial charge in [-0.1, -0.05) is 42.5 Å². The lowest BCUT2D eigenvalue weighted by Gasteiger charge is -2.32. The van der Waals surface area contributed by atoms with Crippen molar-refractivity contribution in [2.45, 2.75) is 6.67 Å². The van der Waals surface area contributed by atoms with Gasteiger partial charge < -0.3 is 14.2 Å². The summed E-state index contributed by atoms with van der Waals surface area (Å²) >= 11 is 0. The van der Waals surface area contributed by atoms with Gasteiger partial charge in [-0.25, -0.2) is 9.97 Å². The van der Waals surface area contributed by atoms with Crippen LogP contribution >= 0.6 is 0 Å². The number of hydrogen-bond acceptors (Lipinski definition) is 5. The van der Waals surface area contributed by atoms with Crippen molar-refractivity contribution in [3.8, 4) is 28.7 Å². The minimum absolute atomic E-state index is 0.663. The van der Waals surface area contributed by atoms with E-state index in [1.165, 1.54) is 0 Å².